The quantitative estimate of drug-likeness (QED) is 0.176. The van der Waals surface area contributed by atoms with E-state index in [9.17, 15) is 0 Å². The number of rotatable bonds is 2. The van der Waals surface area contributed by atoms with Crippen LogP contribution in [0.3, 0.4) is 0 Å². The van der Waals surface area contributed by atoms with Crippen LogP contribution in [-0.4, -0.2) is 0 Å². The first-order chi connectivity index (χ1) is 25.3. The first-order valence-corrected chi connectivity index (χ1v) is 18.2. The highest BCUT2D eigenvalue weighted by atomic mass is 14.5. The van der Waals surface area contributed by atoms with Gasteiger partial charge in [0.2, 0.25) is 0 Å². The van der Waals surface area contributed by atoms with Gasteiger partial charge in [0.25, 0.3) is 0 Å². The molecule has 1 spiro atoms. The Morgan fingerprint density at radius 1 is 0.255 bits per heavy atom. The summed E-state index contributed by atoms with van der Waals surface area (Å²) in [4.78, 5) is 0. The SMILES string of the molecule is c1ccc2c(c1)Cc1c-2cccc1-c1cccc2c1-c1ccccc1C21c2ccccc2-c2c(-c3cccc4c3Cc3ccccc3-4)cccc21. The summed E-state index contributed by atoms with van der Waals surface area (Å²) in [5, 5.41) is 0. The minimum Gasteiger partial charge on any atom is -0.0619 e. The fourth-order valence-corrected chi connectivity index (χ4v) is 10.5. The molecular formula is C51H32. The number of fused-ring (bicyclic) bond motifs is 16. The molecule has 0 aliphatic heterocycles. The summed E-state index contributed by atoms with van der Waals surface area (Å²) in [5.74, 6) is 0. The summed E-state index contributed by atoms with van der Waals surface area (Å²) in [6.45, 7) is 0. The molecule has 0 aromatic heterocycles. The molecule has 0 N–H and O–H groups in total. The van der Waals surface area contributed by atoms with Crippen molar-refractivity contribution >= 4 is 0 Å². The second kappa shape index (κ2) is 9.93. The molecule has 0 fully saturated rings. The molecule has 0 unspecified atom stereocenters. The fourth-order valence-electron chi connectivity index (χ4n) is 10.5. The molecule has 0 heteroatoms. The van der Waals surface area contributed by atoms with Gasteiger partial charge in [0.05, 0.1) is 5.41 Å². The van der Waals surface area contributed by atoms with E-state index in [4.69, 9.17) is 0 Å². The largest absolute Gasteiger partial charge is 0.0725 e. The van der Waals surface area contributed by atoms with Crippen LogP contribution in [0.2, 0.25) is 0 Å². The molecule has 0 nitrogen and oxygen atoms in total. The Morgan fingerprint density at radius 2 is 0.569 bits per heavy atom. The van der Waals surface area contributed by atoms with Crippen LogP contribution in [-0.2, 0) is 18.3 Å². The van der Waals surface area contributed by atoms with E-state index in [0.29, 0.717) is 0 Å². The van der Waals surface area contributed by atoms with E-state index in [1.807, 2.05) is 0 Å². The zero-order valence-corrected chi connectivity index (χ0v) is 28.1. The number of hydrogen-bond acceptors (Lipinski definition) is 0. The summed E-state index contributed by atoms with van der Waals surface area (Å²) in [6.07, 6.45) is 1.94. The van der Waals surface area contributed by atoms with Crippen LogP contribution in [0.1, 0.15) is 44.5 Å². The van der Waals surface area contributed by atoms with Crippen molar-refractivity contribution < 1.29 is 0 Å². The Balaban J connectivity index is 1.14. The molecule has 0 amide bonds. The van der Waals surface area contributed by atoms with E-state index in [1.54, 1.807) is 0 Å². The standard InChI is InChI=1S/C51H32/c1-3-15-33-31(13-1)29-43-35(33)19-9-21-37(43)39-23-11-27-47-49(39)41-17-5-7-25-45(41)51(47)46-26-8-6-18-42(46)50-40(24-12-28-48(50)51)38-22-10-20-36-34-16-4-2-14-32(34)30-44(36)38/h1-28H,29-30H2. The Bertz CT molecular complexity index is 2620. The van der Waals surface area contributed by atoms with E-state index < -0.39 is 5.41 Å². The van der Waals surface area contributed by atoms with Crippen molar-refractivity contribution in [3.63, 3.8) is 0 Å². The van der Waals surface area contributed by atoms with Gasteiger partial charge in [-0.1, -0.05) is 170 Å². The van der Waals surface area contributed by atoms with Crippen molar-refractivity contribution in [2.24, 2.45) is 0 Å². The number of hydrogen-bond donors (Lipinski definition) is 0. The molecule has 4 aliphatic carbocycles. The zero-order chi connectivity index (χ0) is 33.3. The second-order valence-corrected chi connectivity index (χ2v) is 14.6. The predicted molar refractivity (Wildman–Crippen MR) is 210 cm³/mol. The molecule has 12 rings (SSSR count). The fraction of sp³-hybridized carbons (Fsp3) is 0.0588. The third-order valence-corrected chi connectivity index (χ3v) is 12.4. The van der Waals surface area contributed by atoms with Gasteiger partial charge in [0, 0.05) is 0 Å². The van der Waals surface area contributed by atoms with Gasteiger partial charge in [0.15, 0.2) is 0 Å². The smallest absolute Gasteiger partial charge is 0.0619 e. The third kappa shape index (κ3) is 3.40. The van der Waals surface area contributed by atoms with E-state index in [0.717, 1.165) is 12.8 Å². The molecule has 0 heterocycles. The van der Waals surface area contributed by atoms with Crippen LogP contribution < -0.4 is 0 Å². The summed E-state index contributed by atoms with van der Waals surface area (Å²) >= 11 is 0. The molecule has 0 bridgehead atoms. The second-order valence-electron chi connectivity index (χ2n) is 14.6. The van der Waals surface area contributed by atoms with Crippen LogP contribution in [0.15, 0.2) is 170 Å². The summed E-state index contributed by atoms with van der Waals surface area (Å²) < 4.78 is 0. The summed E-state index contributed by atoms with van der Waals surface area (Å²) in [7, 11) is 0. The lowest BCUT2D eigenvalue weighted by molar-refractivity contribution is 0.794. The molecular weight excluding hydrogens is 613 g/mol. The molecule has 0 saturated heterocycles. The molecule has 236 valence electrons. The van der Waals surface area contributed by atoms with E-state index in [2.05, 4.69) is 170 Å². The van der Waals surface area contributed by atoms with Crippen molar-refractivity contribution in [3.8, 4) is 66.8 Å². The first-order valence-electron chi connectivity index (χ1n) is 18.2. The van der Waals surface area contributed by atoms with Gasteiger partial charge in [-0.05, 0) is 124 Å². The zero-order valence-electron chi connectivity index (χ0n) is 28.1. The molecule has 8 aromatic rings. The highest BCUT2D eigenvalue weighted by Crippen LogP contribution is 2.65. The summed E-state index contributed by atoms with van der Waals surface area (Å²) in [5.41, 5.74) is 27.2. The van der Waals surface area contributed by atoms with E-state index >= 15 is 0 Å². The van der Waals surface area contributed by atoms with Crippen LogP contribution >= 0.6 is 0 Å². The Hall–Kier alpha value is -6.24. The lowest BCUT2D eigenvalue weighted by Gasteiger charge is -2.30. The molecule has 51 heavy (non-hydrogen) atoms. The average molecular weight is 645 g/mol. The molecule has 0 saturated carbocycles. The van der Waals surface area contributed by atoms with Gasteiger partial charge in [-0.3, -0.25) is 0 Å². The highest BCUT2D eigenvalue weighted by Gasteiger charge is 2.52. The maximum Gasteiger partial charge on any atom is 0.0725 e. The third-order valence-electron chi connectivity index (χ3n) is 12.4. The van der Waals surface area contributed by atoms with Crippen LogP contribution in [0.4, 0.5) is 0 Å². The van der Waals surface area contributed by atoms with Gasteiger partial charge in [-0.25, -0.2) is 0 Å². The van der Waals surface area contributed by atoms with Gasteiger partial charge in [0.1, 0.15) is 0 Å². The molecule has 0 radical (unpaired) electrons. The lowest BCUT2D eigenvalue weighted by Crippen LogP contribution is -2.25. The normalized spacial score (nSPS) is 14.3. The van der Waals surface area contributed by atoms with Crippen molar-refractivity contribution in [2.75, 3.05) is 0 Å². The van der Waals surface area contributed by atoms with Crippen molar-refractivity contribution in [3.05, 3.63) is 214 Å². The van der Waals surface area contributed by atoms with Gasteiger partial charge >= 0.3 is 0 Å². The van der Waals surface area contributed by atoms with Gasteiger partial charge in [-0.2, -0.15) is 0 Å². The van der Waals surface area contributed by atoms with Crippen molar-refractivity contribution in [2.45, 2.75) is 18.3 Å². The molecule has 8 aromatic carbocycles. The monoisotopic (exact) mass is 644 g/mol. The minimum atomic E-state index is -0.411. The van der Waals surface area contributed by atoms with Gasteiger partial charge in [-0.15, -0.1) is 0 Å². The van der Waals surface area contributed by atoms with Crippen molar-refractivity contribution in [1.29, 1.82) is 0 Å². The molecule has 4 aliphatic rings. The topological polar surface area (TPSA) is 0 Å². The van der Waals surface area contributed by atoms with Gasteiger partial charge < -0.3 is 0 Å². The van der Waals surface area contributed by atoms with E-state index in [-0.39, 0.29) is 0 Å². The number of benzene rings is 8. The van der Waals surface area contributed by atoms with Crippen LogP contribution in [0.5, 0.6) is 0 Å². The maximum atomic E-state index is 2.42. The average Bonchev–Trinajstić information content (AvgIpc) is 3.93. The molecule has 0 atom stereocenters. The van der Waals surface area contributed by atoms with Crippen LogP contribution in [0.25, 0.3) is 66.8 Å². The lowest BCUT2D eigenvalue weighted by atomic mass is 9.70. The summed E-state index contributed by atoms with van der Waals surface area (Å²) in [6, 6.07) is 64.4. The van der Waals surface area contributed by atoms with E-state index in [1.165, 1.54) is 111 Å². The predicted octanol–water partition coefficient (Wildman–Crippen LogP) is 12.5. The van der Waals surface area contributed by atoms with Crippen LogP contribution in [0, 0.1) is 0 Å². The van der Waals surface area contributed by atoms with Crippen molar-refractivity contribution in [1.82, 2.24) is 0 Å². The minimum absolute atomic E-state index is 0.411. The Kier molecular flexibility index (Phi) is 5.37. The maximum absolute atomic E-state index is 2.42. The Morgan fingerprint density at radius 3 is 1.04 bits per heavy atom. The Labute approximate surface area is 298 Å². The first kappa shape index (κ1) is 27.6. The highest BCUT2D eigenvalue weighted by molar-refractivity contribution is 6.04.